The maximum atomic E-state index is 6.06. The first-order valence-electron chi connectivity index (χ1n) is 8.98. The lowest BCUT2D eigenvalue weighted by atomic mass is 10.0. The van der Waals surface area contributed by atoms with E-state index in [1.54, 1.807) is 12.4 Å². The van der Waals surface area contributed by atoms with E-state index in [1.807, 2.05) is 36.4 Å². The van der Waals surface area contributed by atoms with Gasteiger partial charge in [-0.3, -0.25) is 4.98 Å². The van der Waals surface area contributed by atoms with Crippen molar-refractivity contribution in [2.75, 3.05) is 0 Å². The van der Waals surface area contributed by atoms with Gasteiger partial charge in [0.25, 0.3) is 0 Å². The van der Waals surface area contributed by atoms with E-state index >= 15 is 0 Å². The van der Waals surface area contributed by atoms with E-state index in [0.29, 0.717) is 10.9 Å². The van der Waals surface area contributed by atoms with E-state index < -0.39 is 0 Å². The molecular weight excluding hydrogens is 354 g/mol. The van der Waals surface area contributed by atoms with Crippen LogP contribution in [-0.2, 0) is 0 Å². The maximum absolute atomic E-state index is 6.06. The van der Waals surface area contributed by atoms with Crippen LogP contribution in [-0.4, -0.2) is 15.0 Å². The molecule has 134 valence electrons. The van der Waals surface area contributed by atoms with Crippen LogP contribution in [0.25, 0.3) is 33.9 Å². The minimum absolute atomic E-state index is 0.507. The summed E-state index contributed by atoms with van der Waals surface area (Å²) in [5.41, 5.74) is 6.33. The molecule has 0 spiro atoms. The number of imidazole rings is 1. The first-order valence-corrected chi connectivity index (χ1v) is 9.36. The van der Waals surface area contributed by atoms with E-state index in [2.05, 4.69) is 48.1 Å². The molecule has 0 saturated carbocycles. The largest absolute Gasteiger partial charge is 0.337 e. The second-order valence-electron chi connectivity index (χ2n) is 6.83. The minimum atomic E-state index is 0.507. The molecule has 2 aromatic carbocycles. The van der Waals surface area contributed by atoms with Gasteiger partial charge in [0.05, 0.1) is 11.4 Å². The quantitative estimate of drug-likeness (QED) is 0.438. The van der Waals surface area contributed by atoms with Gasteiger partial charge in [-0.2, -0.15) is 0 Å². The number of nitrogens with zero attached hydrogens (tertiary/aromatic N) is 2. The second-order valence-corrected chi connectivity index (χ2v) is 7.26. The van der Waals surface area contributed by atoms with Crippen LogP contribution in [0, 0.1) is 0 Å². The van der Waals surface area contributed by atoms with E-state index in [4.69, 9.17) is 16.6 Å². The van der Waals surface area contributed by atoms with Crippen molar-refractivity contribution in [3.63, 3.8) is 0 Å². The topological polar surface area (TPSA) is 41.6 Å². The zero-order valence-corrected chi connectivity index (χ0v) is 16.0. The number of H-pyrrole nitrogens is 1. The summed E-state index contributed by atoms with van der Waals surface area (Å²) < 4.78 is 0. The van der Waals surface area contributed by atoms with Gasteiger partial charge in [0.1, 0.15) is 5.82 Å². The van der Waals surface area contributed by atoms with Crippen molar-refractivity contribution in [1.82, 2.24) is 15.0 Å². The van der Waals surface area contributed by atoms with Crippen molar-refractivity contribution < 1.29 is 0 Å². The highest BCUT2D eigenvalue weighted by Crippen LogP contribution is 2.33. The Morgan fingerprint density at radius 3 is 2.04 bits per heavy atom. The average Bonchev–Trinajstić information content (AvgIpc) is 3.15. The number of pyridine rings is 1. The van der Waals surface area contributed by atoms with Gasteiger partial charge in [-0.15, -0.1) is 0 Å². The molecule has 2 aromatic heterocycles. The molecule has 4 rings (SSSR count). The van der Waals surface area contributed by atoms with Crippen LogP contribution in [0.1, 0.15) is 25.3 Å². The second kappa shape index (κ2) is 7.37. The zero-order chi connectivity index (χ0) is 18.8. The molecule has 4 aromatic rings. The zero-order valence-electron chi connectivity index (χ0n) is 15.3. The molecule has 0 saturated heterocycles. The lowest BCUT2D eigenvalue weighted by molar-refractivity contribution is 0.867. The van der Waals surface area contributed by atoms with Crippen LogP contribution in [0.4, 0.5) is 0 Å². The van der Waals surface area contributed by atoms with Gasteiger partial charge in [-0.25, -0.2) is 4.98 Å². The Labute approximate surface area is 164 Å². The molecule has 0 radical (unpaired) electrons. The Kier molecular flexibility index (Phi) is 4.78. The fourth-order valence-electron chi connectivity index (χ4n) is 3.08. The number of aromatic nitrogens is 3. The Hall–Kier alpha value is -2.91. The van der Waals surface area contributed by atoms with Crippen molar-refractivity contribution in [3.05, 3.63) is 83.6 Å². The van der Waals surface area contributed by atoms with Gasteiger partial charge in [-0.05, 0) is 35.7 Å². The number of hydrogen-bond acceptors (Lipinski definition) is 2. The predicted molar refractivity (Wildman–Crippen MR) is 112 cm³/mol. The summed E-state index contributed by atoms with van der Waals surface area (Å²) in [6, 6.07) is 20.3. The molecule has 0 aliphatic rings. The lowest BCUT2D eigenvalue weighted by Gasteiger charge is -2.05. The highest BCUT2D eigenvalue weighted by atomic mass is 35.5. The molecule has 1 N–H and O–H groups in total. The van der Waals surface area contributed by atoms with E-state index in [0.717, 1.165) is 33.9 Å². The van der Waals surface area contributed by atoms with Gasteiger partial charge < -0.3 is 4.98 Å². The Morgan fingerprint density at radius 1 is 0.778 bits per heavy atom. The molecular formula is C23H20ClN3. The number of hydrogen-bond donors (Lipinski definition) is 1. The molecule has 4 heteroatoms. The number of benzene rings is 2. The Morgan fingerprint density at radius 2 is 1.41 bits per heavy atom. The first kappa shape index (κ1) is 17.5. The third-order valence-electron chi connectivity index (χ3n) is 4.64. The van der Waals surface area contributed by atoms with Gasteiger partial charge in [-0.1, -0.05) is 61.8 Å². The third-order valence-corrected chi connectivity index (χ3v) is 4.89. The first-order chi connectivity index (χ1) is 13.1. The summed E-state index contributed by atoms with van der Waals surface area (Å²) in [4.78, 5) is 12.5. The lowest BCUT2D eigenvalue weighted by Crippen LogP contribution is -1.87. The molecule has 0 unspecified atom stereocenters. The van der Waals surface area contributed by atoms with Crippen LogP contribution in [0.2, 0.25) is 5.02 Å². The van der Waals surface area contributed by atoms with Crippen LogP contribution >= 0.6 is 11.6 Å². The van der Waals surface area contributed by atoms with Crippen LogP contribution in [0.15, 0.2) is 73.1 Å². The van der Waals surface area contributed by atoms with Gasteiger partial charge in [0, 0.05) is 34.1 Å². The SMILES string of the molecule is CC(C)c1ccc(-c2nc(-c3ccncc3)c(-c3ccc(Cl)cc3)[nH]2)cc1. The summed E-state index contributed by atoms with van der Waals surface area (Å²) in [6.45, 7) is 4.39. The molecule has 0 aliphatic heterocycles. The van der Waals surface area contributed by atoms with E-state index in [1.165, 1.54) is 5.56 Å². The maximum Gasteiger partial charge on any atom is 0.138 e. The fourth-order valence-corrected chi connectivity index (χ4v) is 3.21. The predicted octanol–water partition coefficient (Wildman–Crippen LogP) is 6.58. The molecule has 0 amide bonds. The normalized spacial score (nSPS) is 11.1. The summed E-state index contributed by atoms with van der Waals surface area (Å²) in [5.74, 6) is 1.36. The summed E-state index contributed by atoms with van der Waals surface area (Å²) in [7, 11) is 0. The fraction of sp³-hybridized carbons (Fsp3) is 0.130. The summed E-state index contributed by atoms with van der Waals surface area (Å²) in [6.07, 6.45) is 3.57. The molecule has 2 heterocycles. The van der Waals surface area contributed by atoms with Crippen molar-refractivity contribution in [2.45, 2.75) is 19.8 Å². The number of halogens is 1. The van der Waals surface area contributed by atoms with Crippen LogP contribution in [0.3, 0.4) is 0 Å². The standard InChI is InChI=1S/C23H20ClN3/c1-15(2)16-3-5-19(6-4-16)23-26-21(17-7-9-20(24)10-8-17)22(27-23)18-11-13-25-14-12-18/h3-15H,1-2H3,(H,26,27). The van der Waals surface area contributed by atoms with Crippen LogP contribution < -0.4 is 0 Å². The number of aromatic amines is 1. The molecule has 0 atom stereocenters. The van der Waals surface area contributed by atoms with Gasteiger partial charge in [0.2, 0.25) is 0 Å². The van der Waals surface area contributed by atoms with Crippen molar-refractivity contribution in [3.8, 4) is 33.9 Å². The van der Waals surface area contributed by atoms with Crippen molar-refractivity contribution >= 4 is 11.6 Å². The molecule has 3 nitrogen and oxygen atoms in total. The van der Waals surface area contributed by atoms with Gasteiger partial charge >= 0.3 is 0 Å². The highest BCUT2D eigenvalue weighted by molar-refractivity contribution is 6.30. The molecule has 0 bridgehead atoms. The number of rotatable bonds is 4. The average molecular weight is 374 g/mol. The highest BCUT2D eigenvalue weighted by Gasteiger charge is 2.15. The smallest absolute Gasteiger partial charge is 0.138 e. The molecule has 0 fully saturated rings. The Balaban J connectivity index is 1.83. The van der Waals surface area contributed by atoms with Crippen molar-refractivity contribution in [1.29, 1.82) is 0 Å². The summed E-state index contributed by atoms with van der Waals surface area (Å²) >= 11 is 6.06. The third kappa shape index (κ3) is 3.64. The molecule has 27 heavy (non-hydrogen) atoms. The van der Waals surface area contributed by atoms with E-state index in [-0.39, 0.29) is 0 Å². The van der Waals surface area contributed by atoms with Crippen molar-refractivity contribution in [2.24, 2.45) is 0 Å². The van der Waals surface area contributed by atoms with Crippen LogP contribution in [0.5, 0.6) is 0 Å². The Bertz CT molecular complexity index is 1030. The van der Waals surface area contributed by atoms with Gasteiger partial charge in [0.15, 0.2) is 0 Å². The monoisotopic (exact) mass is 373 g/mol. The molecule has 0 aliphatic carbocycles. The minimum Gasteiger partial charge on any atom is -0.337 e. The van der Waals surface area contributed by atoms with E-state index in [9.17, 15) is 0 Å². The summed E-state index contributed by atoms with van der Waals surface area (Å²) in [5, 5.41) is 0.716. The number of nitrogens with one attached hydrogen (secondary N) is 1.